The average molecular weight is 584 g/mol. The van der Waals surface area contributed by atoms with Crippen molar-refractivity contribution in [2.24, 2.45) is 0 Å². The maximum atomic E-state index is 15.1. The second-order valence-corrected chi connectivity index (χ2v) is 11.8. The van der Waals surface area contributed by atoms with Gasteiger partial charge in [-0.3, -0.25) is 9.69 Å². The molecule has 3 aromatic rings. The van der Waals surface area contributed by atoms with Gasteiger partial charge in [-0.05, 0) is 56.8 Å². The van der Waals surface area contributed by atoms with E-state index >= 15 is 4.39 Å². The van der Waals surface area contributed by atoms with Crippen molar-refractivity contribution in [3.63, 3.8) is 0 Å². The number of rotatable bonds is 9. The Morgan fingerprint density at radius 3 is 2.74 bits per heavy atom. The molecule has 2 fully saturated rings. The van der Waals surface area contributed by atoms with Crippen LogP contribution in [0.2, 0.25) is 0 Å². The molecule has 2 atom stereocenters. The smallest absolute Gasteiger partial charge is 0.318 e. The van der Waals surface area contributed by atoms with E-state index in [-0.39, 0.29) is 30.4 Å². The molecule has 2 aliphatic heterocycles. The number of benzene rings is 2. The van der Waals surface area contributed by atoms with E-state index < -0.39 is 0 Å². The van der Waals surface area contributed by atoms with Crippen LogP contribution in [0.25, 0.3) is 15.6 Å². The number of likely N-dealkylation sites (N-methyl/N-ethyl adjacent to an activating group) is 1. The normalized spacial score (nSPS) is 19.2. The molecule has 1 saturated heterocycles. The van der Waals surface area contributed by atoms with Crippen molar-refractivity contribution in [3.05, 3.63) is 77.5 Å². The molecule has 0 bridgehead atoms. The molecule has 1 amide bonds. The van der Waals surface area contributed by atoms with E-state index in [9.17, 15) is 4.79 Å². The Kier molecular flexibility index (Phi) is 8.17. The van der Waals surface area contributed by atoms with Gasteiger partial charge in [0.2, 0.25) is 12.5 Å². The first-order valence-electron chi connectivity index (χ1n) is 15.1. The van der Waals surface area contributed by atoms with Crippen LogP contribution < -0.4 is 14.5 Å². The van der Waals surface area contributed by atoms with E-state index in [1.54, 1.807) is 11.0 Å². The summed E-state index contributed by atoms with van der Waals surface area (Å²) in [5.74, 6) is 0.401. The lowest BCUT2D eigenvalue weighted by Crippen LogP contribution is -2.56. The van der Waals surface area contributed by atoms with Crippen molar-refractivity contribution < 1.29 is 13.9 Å². The first-order valence-corrected chi connectivity index (χ1v) is 15.1. The third kappa shape index (κ3) is 6.00. The molecule has 3 aliphatic rings. The number of carbonyl (C=O) groups is 1. The third-order valence-electron chi connectivity index (χ3n) is 8.76. The summed E-state index contributed by atoms with van der Waals surface area (Å²) in [4.78, 5) is 34.5. The van der Waals surface area contributed by atoms with Crippen molar-refractivity contribution in [1.82, 2.24) is 19.8 Å². The fraction of sp³-hybridized carbons (Fsp3) is 0.455. The molecule has 1 saturated carbocycles. The molecule has 2 aromatic carbocycles. The Balaban J connectivity index is 1.33. The summed E-state index contributed by atoms with van der Waals surface area (Å²) in [6, 6.07) is 11.7. The standard InChI is InChI=1S/C33H38FN7O2/c1-5-30(42)41-17-16-40(20-25(41)18-35-3)32-26-14-15-39(29-11-7-9-23-8-6-10-27(34)31(23)29)21-28(26)36-33(37-32)43-22(2)19-38(4)24-12-13-24/h5-11,22,24-25H,1,12-21H2,2,4H3/t22-,25-/m0/s1. The fourth-order valence-electron chi connectivity index (χ4n) is 6.45. The Morgan fingerprint density at radius 1 is 1.21 bits per heavy atom. The van der Waals surface area contributed by atoms with Gasteiger partial charge in [0, 0.05) is 55.4 Å². The molecule has 9 nitrogen and oxygen atoms in total. The number of nitrogens with zero attached hydrogens (tertiary/aromatic N) is 7. The van der Waals surface area contributed by atoms with Gasteiger partial charge in [0.25, 0.3) is 0 Å². The second-order valence-electron chi connectivity index (χ2n) is 11.8. The van der Waals surface area contributed by atoms with Gasteiger partial charge in [0.15, 0.2) is 0 Å². The Bertz CT molecular complexity index is 1560. The summed E-state index contributed by atoms with van der Waals surface area (Å²) < 4.78 is 21.4. The van der Waals surface area contributed by atoms with Gasteiger partial charge in [-0.25, -0.2) is 11.0 Å². The molecule has 1 aromatic heterocycles. The molecule has 0 radical (unpaired) electrons. The van der Waals surface area contributed by atoms with Crippen molar-refractivity contribution >= 4 is 28.2 Å². The number of amides is 1. The highest BCUT2D eigenvalue weighted by Crippen LogP contribution is 2.36. The number of anilines is 2. The quantitative estimate of drug-likeness (QED) is 0.275. The highest BCUT2D eigenvalue weighted by molar-refractivity contribution is 5.95. The van der Waals surface area contributed by atoms with Crippen molar-refractivity contribution in [1.29, 1.82) is 0 Å². The SMILES string of the molecule is [C-]#[N+]C[C@H]1CN(c2nc(O[C@@H](C)CN(C)C3CC3)nc3c2CCN(c2cccc4cccc(F)c24)C3)CCN1C(=O)C=C. The van der Waals surface area contributed by atoms with Crippen LogP contribution in [0.3, 0.4) is 0 Å². The molecule has 1 aliphatic carbocycles. The highest BCUT2D eigenvalue weighted by atomic mass is 19.1. The Morgan fingerprint density at radius 2 is 2.00 bits per heavy atom. The maximum absolute atomic E-state index is 15.1. The average Bonchev–Trinajstić information content (AvgIpc) is 3.86. The molecular formula is C33H38FN7O2. The number of hydrogen-bond acceptors (Lipinski definition) is 7. The van der Waals surface area contributed by atoms with Crippen LogP contribution in [0, 0.1) is 12.4 Å². The maximum Gasteiger partial charge on any atom is 0.318 e. The van der Waals surface area contributed by atoms with Gasteiger partial charge >= 0.3 is 6.01 Å². The van der Waals surface area contributed by atoms with Crippen LogP contribution in [0.15, 0.2) is 49.1 Å². The van der Waals surface area contributed by atoms with Crippen LogP contribution in [-0.4, -0.2) is 90.2 Å². The number of fused-ring (bicyclic) bond motifs is 2. The first kappa shape index (κ1) is 28.9. The number of ether oxygens (including phenoxy) is 1. The molecule has 0 spiro atoms. The lowest BCUT2D eigenvalue weighted by Gasteiger charge is -2.41. The van der Waals surface area contributed by atoms with Gasteiger partial charge in [0.05, 0.1) is 12.2 Å². The minimum atomic E-state index is -0.267. The predicted octanol–water partition coefficient (Wildman–Crippen LogP) is 4.32. The van der Waals surface area contributed by atoms with Gasteiger partial charge in [0.1, 0.15) is 23.8 Å². The van der Waals surface area contributed by atoms with Gasteiger partial charge in [-0.2, -0.15) is 9.97 Å². The van der Waals surface area contributed by atoms with E-state index in [0.717, 1.165) is 34.7 Å². The molecule has 3 heterocycles. The van der Waals surface area contributed by atoms with E-state index in [1.165, 1.54) is 25.0 Å². The highest BCUT2D eigenvalue weighted by Gasteiger charge is 2.35. The van der Waals surface area contributed by atoms with Crippen molar-refractivity contribution in [2.45, 2.75) is 50.9 Å². The van der Waals surface area contributed by atoms with Crippen LogP contribution in [0.5, 0.6) is 6.01 Å². The van der Waals surface area contributed by atoms with Crippen LogP contribution in [0.4, 0.5) is 15.9 Å². The molecule has 6 rings (SSSR count). The molecule has 10 heteroatoms. The zero-order valence-electron chi connectivity index (χ0n) is 24.9. The van der Waals surface area contributed by atoms with Gasteiger partial charge in [-0.15, -0.1) is 0 Å². The summed E-state index contributed by atoms with van der Waals surface area (Å²) in [5.41, 5.74) is 2.74. The summed E-state index contributed by atoms with van der Waals surface area (Å²) in [7, 11) is 2.12. The molecule has 224 valence electrons. The number of halogens is 1. The topological polar surface area (TPSA) is 69.4 Å². The number of aromatic nitrogens is 2. The minimum Gasteiger partial charge on any atom is -0.459 e. The summed E-state index contributed by atoms with van der Waals surface area (Å²) in [6.07, 6.45) is 4.32. The largest absolute Gasteiger partial charge is 0.459 e. The molecule has 0 N–H and O–H groups in total. The summed E-state index contributed by atoms with van der Waals surface area (Å²) in [6.45, 7) is 16.9. The minimum absolute atomic E-state index is 0.111. The fourth-order valence-corrected chi connectivity index (χ4v) is 6.45. The molecular weight excluding hydrogens is 545 g/mol. The van der Waals surface area contributed by atoms with Crippen molar-refractivity contribution in [2.75, 3.05) is 56.1 Å². The Labute approximate surface area is 252 Å². The molecule has 43 heavy (non-hydrogen) atoms. The van der Waals surface area contributed by atoms with E-state index in [0.29, 0.717) is 56.6 Å². The van der Waals surface area contributed by atoms with Gasteiger partial charge < -0.3 is 24.3 Å². The van der Waals surface area contributed by atoms with E-state index in [1.807, 2.05) is 31.2 Å². The van der Waals surface area contributed by atoms with Crippen molar-refractivity contribution in [3.8, 4) is 6.01 Å². The zero-order valence-corrected chi connectivity index (χ0v) is 24.9. The van der Waals surface area contributed by atoms with E-state index in [4.69, 9.17) is 21.3 Å². The second kappa shape index (κ2) is 12.2. The molecule has 0 unspecified atom stereocenters. The van der Waals surface area contributed by atoms with Gasteiger partial charge in [-0.1, -0.05) is 30.8 Å². The van der Waals surface area contributed by atoms with Crippen LogP contribution >= 0.6 is 0 Å². The van der Waals surface area contributed by atoms with Crippen LogP contribution in [0.1, 0.15) is 31.0 Å². The monoisotopic (exact) mass is 583 g/mol. The number of hydrogen-bond donors (Lipinski definition) is 0. The number of piperazine rings is 1. The summed E-state index contributed by atoms with van der Waals surface area (Å²) >= 11 is 0. The van der Waals surface area contributed by atoms with E-state index in [2.05, 4.69) is 33.2 Å². The number of carbonyl (C=O) groups excluding carboxylic acids is 1. The third-order valence-corrected chi connectivity index (χ3v) is 8.76. The first-order chi connectivity index (χ1) is 20.9. The lowest BCUT2D eigenvalue weighted by molar-refractivity contribution is -0.128. The summed E-state index contributed by atoms with van der Waals surface area (Å²) in [5, 5.41) is 1.48. The lowest BCUT2D eigenvalue weighted by atomic mass is 10.0. The zero-order chi connectivity index (χ0) is 30.1. The Hall–Kier alpha value is -4.23. The predicted molar refractivity (Wildman–Crippen MR) is 166 cm³/mol. The van der Waals surface area contributed by atoms with Crippen LogP contribution in [-0.2, 0) is 17.8 Å².